The number of methoxy groups -OCH3 is 1. The lowest BCUT2D eigenvalue weighted by Gasteiger charge is -2.26. The first-order valence-electron chi connectivity index (χ1n) is 7.79. The van der Waals surface area contributed by atoms with Crippen LogP contribution in [-0.2, 0) is 4.74 Å². The molecule has 0 saturated heterocycles. The SMILES string of the molecule is C/C=C/[C@@H](OC)[C@@H](C)CP(c1ccccc1)c1ccccc1. The Morgan fingerprint density at radius 1 is 0.955 bits per heavy atom. The zero-order chi connectivity index (χ0) is 15.8. The van der Waals surface area contributed by atoms with E-state index in [4.69, 9.17) is 4.74 Å². The summed E-state index contributed by atoms with van der Waals surface area (Å²) in [4.78, 5) is 0. The highest BCUT2D eigenvalue weighted by molar-refractivity contribution is 7.73. The minimum atomic E-state index is -0.353. The van der Waals surface area contributed by atoms with E-state index in [0.29, 0.717) is 5.92 Å². The second-order valence-electron chi connectivity index (χ2n) is 5.49. The van der Waals surface area contributed by atoms with Crippen LogP contribution >= 0.6 is 7.92 Å². The molecule has 0 heterocycles. The van der Waals surface area contributed by atoms with Crippen LogP contribution in [0.1, 0.15) is 13.8 Å². The number of allylic oxidation sites excluding steroid dienone is 1. The Hall–Kier alpha value is -1.43. The van der Waals surface area contributed by atoms with Gasteiger partial charge in [0.25, 0.3) is 0 Å². The zero-order valence-corrected chi connectivity index (χ0v) is 14.5. The van der Waals surface area contributed by atoms with Gasteiger partial charge in [-0.05, 0) is 37.5 Å². The van der Waals surface area contributed by atoms with Gasteiger partial charge in [0, 0.05) is 7.11 Å². The van der Waals surface area contributed by atoms with Gasteiger partial charge in [0.15, 0.2) is 0 Å². The molecule has 2 heteroatoms. The minimum absolute atomic E-state index is 0.183. The van der Waals surface area contributed by atoms with E-state index in [-0.39, 0.29) is 14.0 Å². The van der Waals surface area contributed by atoms with Crippen LogP contribution in [0, 0.1) is 5.92 Å². The van der Waals surface area contributed by atoms with Gasteiger partial charge in [-0.2, -0.15) is 0 Å². The van der Waals surface area contributed by atoms with E-state index < -0.39 is 0 Å². The fourth-order valence-electron chi connectivity index (χ4n) is 2.66. The molecule has 0 radical (unpaired) electrons. The van der Waals surface area contributed by atoms with Gasteiger partial charge in [0.1, 0.15) is 0 Å². The summed E-state index contributed by atoms with van der Waals surface area (Å²) in [7, 11) is 1.45. The van der Waals surface area contributed by atoms with Crippen LogP contribution in [0.5, 0.6) is 0 Å². The number of benzene rings is 2. The second kappa shape index (κ2) is 8.88. The smallest absolute Gasteiger partial charge is 0.0780 e. The fourth-order valence-corrected chi connectivity index (χ4v) is 5.23. The highest BCUT2D eigenvalue weighted by atomic mass is 31.1. The van der Waals surface area contributed by atoms with Crippen LogP contribution in [0.2, 0.25) is 0 Å². The largest absolute Gasteiger partial charge is 0.377 e. The van der Waals surface area contributed by atoms with Gasteiger partial charge in [-0.25, -0.2) is 0 Å². The van der Waals surface area contributed by atoms with E-state index >= 15 is 0 Å². The van der Waals surface area contributed by atoms with E-state index in [2.05, 4.69) is 86.7 Å². The molecule has 2 rings (SSSR count). The van der Waals surface area contributed by atoms with Gasteiger partial charge in [-0.15, -0.1) is 0 Å². The van der Waals surface area contributed by atoms with Crippen molar-refractivity contribution in [3.05, 3.63) is 72.8 Å². The predicted octanol–water partition coefficient (Wildman–Crippen LogP) is 4.35. The predicted molar refractivity (Wildman–Crippen MR) is 98.7 cm³/mol. The molecule has 22 heavy (non-hydrogen) atoms. The van der Waals surface area contributed by atoms with E-state index in [1.54, 1.807) is 7.11 Å². The Morgan fingerprint density at radius 3 is 1.86 bits per heavy atom. The highest BCUT2D eigenvalue weighted by Gasteiger charge is 2.21. The summed E-state index contributed by atoms with van der Waals surface area (Å²) >= 11 is 0. The first-order valence-corrected chi connectivity index (χ1v) is 9.32. The molecule has 2 aromatic rings. The lowest BCUT2D eigenvalue weighted by atomic mass is 10.1. The maximum absolute atomic E-state index is 5.65. The Bertz CT molecular complexity index is 525. The summed E-state index contributed by atoms with van der Waals surface area (Å²) in [6.45, 7) is 4.34. The average Bonchev–Trinajstić information content (AvgIpc) is 2.59. The maximum atomic E-state index is 5.65. The molecule has 0 amide bonds. The summed E-state index contributed by atoms with van der Waals surface area (Å²) in [5.74, 6) is 0.479. The molecule has 0 aromatic heterocycles. The van der Waals surface area contributed by atoms with Crippen LogP contribution in [0.3, 0.4) is 0 Å². The lowest BCUT2D eigenvalue weighted by Crippen LogP contribution is -2.25. The van der Waals surface area contributed by atoms with Crippen LogP contribution in [0.15, 0.2) is 72.8 Å². The summed E-state index contributed by atoms with van der Waals surface area (Å²) in [5, 5.41) is 2.87. The van der Waals surface area contributed by atoms with Gasteiger partial charge < -0.3 is 4.74 Å². The van der Waals surface area contributed by atoms with Crippen molar-refractivity contribution in [2.75, 3.05) is 13.3 Å². The van der Waals surface area contributed by atoms with Crippen molar-refractivity contribution in [2.24, 2.45) is 5.92 Å². The van der Waals surface area contributed by atoms with Crippen molar-refractivity contribution in [1.29, 1.82) is 0 Å². The molecule has 0 aliphatic carbocycles. The monoisotopic (exact) mass is 312 g/mol. The Labute approximate surface area is 135 Å². The molecule has 0 spiro atoms. The molecular formula is C20H25OP. The lowest BCUT2D eigenvalue weighted by molar-refractivity contribution is 0.105. The van der Waals surface area contributed by atoms with Gasteiger partial charge >= 0.3 is 0 Å². The molecule has 1 nitrogen and oxygen atoms in total. The fraction of sp³-hybridized carbons (Fsp3) is 0.300. The molecule has 0 fully saturated rings. The highest BCUT2D eigenvalue weighted by Crippen LogP contribution is 2.37. The van der Waals surface area contributed by atoms with E-state index in [1.807, 2.05) is 0 Å². The van der Waals surface area contributed by atoms with Crippen molar-refractivity contribution in [1.82, 2.24) is 0 Å². The van der Waals surface area contributed by atoms with Crippen molar-refractivity contribution in [3.8, 4) is 0 Å². The Balaban J connectivity index is 2.26. The van der Waals surface area contributed by atoms with Crippen LogP contribution in [-0.4, -0.2) is 19.4 Å². The maximum Gasteiger partial charge on any atom is 0.0780 e. The Morgan fingerprint density at radius 2 is 1.45 bits per heavy atom. The summed E-state index contributed by atoms with van der Waals surface area (Å²) in [6, 6.07) is 21.7. The van der Waals surface area contributed by atoms with E-state index in [9.17, 15) is 0 Å². The number of hydrogen-bond acceptors (Lipinski definition) is 1. The normalized spacial score (nSPS) is 14.4. The standard InChI is InChI=1S/C20H25OP/c1-4-11-20(21-3)17(2)16-22(18-12-7-5-8-13-18)19-14-9-6-10-15-19/h4-15,17,20H,16H2,1-3H3/b11-4+/t17-,20+/m0/s1. The van der Waals surface area contributed by atoms with Gasteiger partial charge in [-0.3, -0.25) is 0 Å². The summed E-state index contributed by atoms with van der Waals surface area (Å²) < 4.78 is 5.65. The third-order valence-corrected chi connectivity index (χ3v) is 6.61. The molecule has 0 N–H and O–H groups in total. The average molecular weight is 312 g/mol. The van der Waals surface area contributed by atoms with Gasteiger partial charge in [0.2, 0.25) is 0 Å². The van der Waals surface area contributed by atoms with Crippen LogP contribution in [0.25, 0.3) is 0 Å². The molecule has 0 bridgehead atoms. The summed E-state index contributed by atoms with van der Waals surface area (Å²) in [5.41, 5.74) is 0. The van der Waals surface area contributed by atoms with Crippen molar-refractivity contribution in [3.63, 3.8) is 0 Å². The molecule has 2 aromatic carbocycles. The third-order valence-electron chi connectivity index (χ3n) is 3.82. The Kier molecular flexibility index (Phi) is 6.83. The topological polar surface area (TPSA) is 9.23 Å². The van der Waals surface area contributed by atoms with Crippen molar-refractivity contribution >= 4 is 18.5 Å². The minimum Gasteiger partial charge on any atom is -0.377 e. The van der Waals surface area contributed by atoms with Crippen molar-refractivity contribution in [2.45, 2.75) is 20.0 Å². The van der Waals surface area contributed by atoms with Gasteiger partial charge in [0.05, 0.1) is 6.10 Å². The molecule has 116 valence electrons. The number of hydrogen-bond donors (Lipinski definition) is 0. The molecule has 0 saturated carbocycles. The molecule has 2 atom stereocenters. The molecule has 0 unspecified atom stereocenters. The second-order valence-corrected chi connectivity index (χ2v) is 7.74. The van der Waals surface area contributed by atoms with Gasteiger partial charge in [-0.1, -0.05) is 79.7 Å². The first kappa shape index (κ1) is 16.9. The van der Waals surface area contributed by atoms with Crippen molar-refractivity contribution < 1.29 is 4.74 Å². The third kappa shape index (κ3) is 4.53. The molecule has 0 aliphatic heterocycles. The first-order chi connectivity index (χ1) is 10.8. The zero-order valence-electron chi connectivity index (χ0n) is 13.6. The number of ether oxygens (including phenoxy) is 1. The summed E-state index contributed by atoms with van der Waals surface area (Å²) in [6.07, 6.45) is 5.56. The van der Waals surface area contributed by atoms with Crippen LogP contribution < -0.4 is 10.6 Å². The van der Waals surface area contributed by atoms with E-state index in [0.717, 1.165) is 6.16 Å². The number of rotatable bonds is 7. The quantitative estimate of drug-likeness (QED) is 0.546. The molecular weight excluding hydrogens is 287 g/mol. The van der Waals surface area contributed by atoms with E-state index in [1.165, 1.54) is 10.6 Å². The van der Waals surface area contributed by atoms with Crippen LogP contribution in [0.4, 0.5) is 0 Å². The molecule has 0 aliphatic rings.